The fourth-order valence-electron chi connectivity index (χ4n) is 4.08. The molecule has 3 rings (SSSR count). The summed E-state index contributed by atoms with van der Waals surface area (Å²) in [7, 11) is -3.60. The van der Waals surface area contributed by atoms with Crippen molar-refractivity contribution in [3.05, 3.63) is 11.5 Å². The Balaban J connectivity index is 1.56. The molecule has 0 aliphatic carbocycles. The van der Waals surface area contributed by atoms with Crippen LogP contribution in [0.5, 0.6) is 0 Å². The largest absolute Gasteiger partial charge is 0.376 e. The third-order valence-corrected chi connectivity index (χ3v) is 7.68. The number of aromatic nitrogens is 1. The summed E-state index contributed by atoms with van der Waals surface area (Å²) in [6.45, 7) is 9.97. The van der Waals surface area contributed by atoms with Crippen LogP contribution in [0.1, 0.15) is 51.0 Å². The lowest BCUT2D eigenvalue weighted by atomic mass is 9.84. The maximum atomic E-state index is 13.0. The molecule has 0 N–H and O–H groups in total. The van der Waals surface area contributed by atoms with Crippen LogP contribution in [0.25, 0.3) is 0 Å². The number of ether oxygens (including phenoxy) is 3. The standard InChI is InChI=1S/C19H32N2O6S/c1-14(2)24-11-12-25-17-5-10-26-19(13-17)6-8-21(9-7-19)28(22,23)18-15(3)20-27-16(18)4/h14,17H,5-13H2,1-4H3. The first-order chi connectivity index (χ1) is 13.2. The zero-order valence-electron chi connectivity index (χ0n) is 17.3. The Labute approximate surface area is 167 Å². The van der Waals surface area contributed by atoms with Crippen LogP contribution in [-0.2, 0) is 24.2 Å². The van der Waals surface area contributed by atoms with Crippen LogP contribution in [0, 0.1) is 13.8 Å². The molecule has 8 nitrogen and oxygen atoms in total. The molecule has 0 amide bonds. The molecule has 0 saturated carbocycles. The Morgan fingerprint density at radius 3 is 2.57 bits per heavy atom. The van der Waals surface area contributed by atoms with E-state index in [2.05, 4.69) is 5.16 Å². The summed E-state index contributed by atoms with van der Waals surface area (Å²) in [5.41, 5.74) is 0.107. The maximum Gasteiger partial charge on any atom is 0.248 e. The molecule has 0 aromatic carbocycles. The summed E-state index contributed by atoms with van der Waals surface area (Å²) in [5.74, 6) is 0.337. The quantitative estimate of drug-likeness (QED) is 0.631. The molecule has 160 valence electrons. The van der Waals surface area contributed by atoms with Gasteiger partial charge in [0.25, 0.3) is 0 Å². The smallest absolute Gasteiger partial charge is 0.248 e. The van der Waals surface area contributed by atoms with Gasteiger partial charge in [-0.1, -0.05) is 5.16 Å². The van der Waals surface area contributed by atoms with Crippen molar-refractivity contribution in [2.45, 2.75) is 76.1 Å². The van der Waals surface area contributed by atoms with Gasteiger partial charge in [-0.2, -0.15) is 4.31 Å². The predicted molar refractivity (Wildman–Crippen MR) is 103 cm³/mol. The average molecular weight is 417 g/mol. The van der Waals surface area contributed by atoms with E-state index in [9.17, 15) is 8.42 Å². The van der Waals surface area contributed by atoms with Crippen molar-refractivity contribution in [3.63, 3.8) is 0 Å². The number of sulfonamides is 1. The van der Waals surface area contributed by atoms with Gasteiger partial charge in [0.05, 0.1) is 31.0 Å². The molecule has 28 heavy (non-hydrogen) atoms. The highest BCUT2D eigenvalue weighted by Gasteiger charge is 2.44. The third kappa shape index (κ3) is 4.76. The van der Waals surface area contributed by atoms with Crippen molar-refractivity contribution < 1.29 is 27.2 Å². The van der Waals surface area contributed by atoms with Gasteiger partial charge in [-0.25, -0.2) is 8.42 Å². The molecule has 2 aliphatic rings. The van der Waals surface area contributed by atoms with Gasteiger partial charge in [-0.05, 0) is 47.0 Å². The third-order valence-electron chi connectivity index (χ3n) is 5.54. The molecule has 2 fully saturated rings. The fourth-order valence-corrected chi connectivity index (χ4v) is 5.81. The molecule has 3 heterocycles. The van der Waals surface area contributed by atoms with Crippen LogP contribution in [0.3, 0.4) is 0 Å². The minimum absolute atomic E-state index is 0.134. The Morgan fingerprint density at radius 1 is 1.25 bits per heavy atom. The van der Waals surface area contributed by atoms with Crippen LogP contribution in [0.4, 0.5) is 0 Å². The zero-order chi connectivity index (χ0) is 20.4. The second-order valence-corrected chi connectivity index (χ2v) is 9.87. The summed E-state index contributed by atoms with van der Waals surface area (Å²) in [6, 6.07) is 0. The number of nitrogens with zero attached hydrogens (tertiary/aromatic N) is 2. The normalized spacial score (nSPS) is 23.5. The van der Waals surface area contributed by atoms with Crippen molar-refractivity contribution in [1.29, 1.82) is 0 Å². The van der Waals surface area contributed by atoms with Crippen LogP contribution >= 0.6 is 0 Å². The van der Waals surface area contributed by atoms with E-state index < -0.39 is 10.0 Å². The lowest BCUT2D eigenvalue weighted by Crippen LogP contribution is -2.52. The van der Waals surface area contributed by atoms with Gasteiger partial charge in [0.1, 0.15) is 10.6 Å². The van der Waals surface area contributed by atoms with Crippen molar-refractivity contribution >= 4 is 10.0 Å². The monoisotopic (exact) mass is 416 g/mol. The van der Waals surface area contributed by atoms with E-state index in [1.807, 2.05) is 13.8 Å². The molecule has 0 bridgehead atoms. The summed E-state index contributed by atoms with van der Waals surface area (Å²) in [5, 5.41) is 3.78. The molecule has 1 unspecified atom stereocenters. The molecule has 2 saturated heterocycles. The van der Waals surface area contributed by atoms with E-state index in [0.29, 0.717) is 57.2 Å². The number of aryl methyl sites for hydroxylation is 2. The molecular formula is C19H32N2O6S. The van der Waals surface area contributed by atoms with Gasteiger partial charge in [0.15, 0.2) is 5.76 Å². The summed E-state index contributed by atoms with van der Waals surface area (Å²) in [6.07, 6.45) is 3.33. The number of hydrogen-bond donors (Lipinski definition) is 0. The highest BCUT2D eigenvalue weighted by atomic mass is 32.2. The molecule has 1 spiro atoms. The van der Waals surface area contributed by atoms with Crippen LogP contribution in [0.15, 0.2) is 9.42 Å². The molecule has 1 aromatic heterocycles. The lowest BCUT2D eigenvalue weighted by Gasteiger charge is -2.45. The Bertz CT molecular complexity index is 733. The van der Waals surface area contributed by atoms with Crippen LogP contribution in [-0.4, -0.2) is 68.6 Å². The maximum absolute atomic E-state index is 13.0. The summed E-state index contributed by atoms with van der Waals surface area (Å²) >= 11 is 0. The summed E-state index contributed by atoms with van der Waals surface area (Å²) in [4.78, 5) is 0.194. The van der Waals surface area contributed by atoms with Gasteiger partial charge in [0.2, 0.25) is 10.0 Å². The van der Waals surface area contributed by atoms with Crippen molar-refractivity contribution in [1.82, 2.24) is 9.46 Å². The van der Waals surface area contributed by atoms with E-state index in [-0.39, 0.29) is 22.7 Å². The van der Waals surface area contributed by atoms with Gasteiger partial charge in [-0.15, -0.1) is 0 Å². The minimum Gasteiger partial charge on any atom is -0.376 e. The number of rotatable bonds is 7. The topological polar surface area (TPSA) is 91.1 Å². The zero-order valence-corrected chi connectivity index (χ0v) is 18.1. The van der Waals surface area contributed by atoms with Gasteiger partial charge >= 0.3 is 0 Å². The predicted octanol–water partition coefficient (Wildman–Crippen LogP) is 2.44. The average Bonchev–Trinajstić information content (AvgIpc) is 2.98. The van der Waals surface area contributed by atoms with Crippen molar-refractivity contribution in [2.75, 3.05) is 32.9 Å². The first kappa shape index (κ1) is 21.7. The molecule has 1 atom stereocenters. The van der Waals surface area contributed by atoms with Crippen LogP contribution in [0.2, 0.25) is 0 Å². The SMILES string of the molecule is Cc1noc(C)c1S(=O)(=O)N1CCC2(CC1)CC(OCCOC(C)C)CCO2. The highest BCUT2D eigenvalue weighted by molar-refractivity contribution is 7.89. The van der Waals surface area contributed by atoms with Crippen LogP contribution < -0.4 is 0 Å². The summed E-state index contributed by atoms with van der Waals surface area (Å²) < 4.78 is 50.2. The molecular weight excluding hydrogens is 384 g/mol. The lowest BCUT2D eigenvalue weighted by molar-refractivity contribution is -0.154. The first-order valence-corrected chi connectivity index (χ1v) is 11.5. The van der Waals surface area contributed by atoms with Crippen molar-refractivity contribution in [3.8, 4) is 0 Å². The minimum atomic E-state index is -3.60. The Hall–Kier alpha value is -1.00. The Kier molecular flexibility index (Phi) is 6.81. The van der Waals surface area contributed by atoms with Gasteiger partial charge in [-0.3, -0.25) is 0 Å². The van der Waals surface area contributed by atoms with E-state index >= 15 is 0 Å². The first-order valence-electron chi connectivity index (χ1n) is 10.0. The second kappa shape index (κ2) is 8.79. The second-order valence-electron chi connectivity index (χ2n) is 7.99. The number of hydrogen-bond acceptors (Lipinski definition) is 7. The highest BCUT2D eigenvalue weighted by Crippen LogP contribution is 2.38. The van der Waals surface area contributed by atoms with E-state index in [1.165, 1.54) is 4.31 Å². The Morgan fingerprint density at radius 2 is 1.96 bits per heavy atom. The molecule has 2 aliphatic heterocycles. The molecule has 0 radical (unpaired) electrons. The molecule has 1 aromatic rings. The number of piperidine rings is 1. The van der Waals surface area contributed by atoms with Gasteiger partial charge in [0, 0.05) is 26.1 Å². The van der Waals surface area contributed by atoms with E-state index in [0.717, 1.165) is 12.8 Å². The van der Waals surface area contributed by atoms with Gasteiger partial charge < -0.3 is 18.7 Å². The van der Waals surface area contributed by atoms with Crippen molar-refractivity contribution in [2.24, 2.45) is 0 Å². The fraction of sp³-hybridized carbons (Fsp3) is 0.842. The van der Waals surface area contributed by atoms with E-state index in [4.69, 9.17) is 18.7 Å². The molecule has 9 heteroatoms. The van der Waals surface area contributed by atoms with E-state index in [1.54, 1.807) is 13.8 Å².